The molecule has 0 saturated heterocycles. The monoisotopic (exact) mass is 385 g/mol. The number of ketones is 1. The molecule has 0 amide bonds. The molecule has 0 aliphatic carbocycles. The van der Waals surface area contributed by atoms with Crippen LogP contribution in [0.1, 0.15) is 46.0 Å². The van der Waals surface area contributed by atoms with Crippen LogP contribution in [0, 0.1) is 13.8 Å². The average Bonchev–Trinajstić information content (AvgIpc) is 3.16. The maximum atomic E-state index is 12.8. The van der Waals surface area contributed by atoms with Crippen LogP contribution in [0.3, 0.4) is 0 Å². The summed E-state index contributed by atoms with van der Waals surface area (Å²) in [5.74, 6) is -0.209. The largest absolute Gasteiger partial charge is 0.461 e. The van der Waals surface area contributed by atoms with Crippen molar-refractivity contribution in [2.24, 2.45) is 0 Å². The molecule has 7 heteroatoms. The molecule has 2 heterocycles. The van der Waals surface area contributed by atoms with E-state index in [0.717, 1.165) is 22.7 Å². The SMILES string of the molecule is CCOC(=O)c1[nH]c(C)c(C(=O)CSc2nc3ccccc3n2CC)c1C. The molecule has 0 atom stereocenters. The van der Waals surface area contributed by atoms with Crippen LogP contribution in [0.25, 0.3) is 11.0 Å². The number of imidazole rings is 1. The summed E-state index contributed by atoms with van der Waals surface area (Å²) in [6, 6.07) is 7.95. The van der Waals surface area contributed by atoms with Gasteiger partial charge in [-0.05, 0) is 45.4 Å². The van der Waals surface area contributed by atoms with Gasteiger partial charge < -0.3 is 14.3 Å². The first-order valence-corrected chi connectivity index (χ1v) is 9.94. The molecule has 0 fully saturated rings. The summed E-state index contributed by atoms with van der Waals surface area (Å²) in [7, 11) is 0. The number of aromatic amines is 1. The summed E-state index contributed by atoms with van der Waals surface area (Å²) in [6.45, 7) is 8.47. The quantitative estimate of drug-likeness (QED) is 0.375. The number of fused-ring (bicyclic) bond motifs is 1. The molecule has 0 radical (unpaired) electrons. The molecule has 2 aromatic heterocycles. The molecule has 0 aliphatic rings. The van der Waals surface area contributed by atoms with Crippen LogP contribution < -0.4 is 0 Å². The van der Waals surface area contributed by atoms with Gasteiger partial charge in [0.05, 0.1) is 23.4 Å². The summed E-state index contributed by atoms with van der Waals surface area (Å²) in [6.07, 6.45) is 0. The lowest BCUT2D eigenvalue weighted by Crippen LogP contribution is -2.09. The number of ether oxygens (including phenoxy) is 1. The van der Waals surface area contributed by atoms with Gasteiger partial charge >= 0.3 is 5.97 Å². The molecule has 0 bridgehead atoms. The Morgan fingerprint density at radius 3 is 2.67 bits per heavy atom. The molecule has 6 nitrogen and oxygen atoms in total. The second-order valence-electron chi connectivity index (χ2n) is 6.18. The molecular weight excluding hydrogens is 362 g/mol. The lowest BCUT2D eigenvalue weighted by molar-refractivity contribution is 0.0519. The van der Waals surface area contributed by atoms with Crippen molar-refractivity contribution in [1.29, 1.82) is 0 Å². The number of H-pyrrole nitrogens is 1. The lowest BCUT2D eigenvalue weighted by Gasteiger charge is -2.06. The number of esters is 1. The summed E-state index contributed by atoms with van der Waals surface area (Å²) < 4.78 is 7.16. The summed E-state index contributed by atoms with van der Waals surface area (Å²) >= 11 is 1.42. The highest BCUT2D eigenvalue weighted by Crippen LogP contribution is 2.26. The van der Waals surface area contributed by atoms with E-state index in [1.165, 1.54) is 11.8 Å². The van der Waals surface area contributed by atoms with Crippen molar-refractivity contribution in [3.63, 3.8) is 0 Å². The molecule has 27 heavy (non-hydrogen) atoms. The maximum absolute atomic E-state index is 12.8. The van der Waals surface area contributed by atoms with Gasteiger partial charge in [0, 0.05) is 17.8 Å². The van der Waals surface area contributed by atoms with Crippen molar-refractivity contribution in [1.82, 2.24) is 14.5 Å². The van der Waals surface area contributed by atoms with E-state index in [4.69, 9.17) is 4.74 Å². The second kappa shape index (κ2) is 8.00. The Hall–Kier alpha value is -2.54. The van der Waals surface area contributed by atoms with Crippen molar-refractivity contribution < 1.29 is 14.3 Å². The van der Waals surface area contributed by atoms with Gasteiger partial charge in [0.2, 0.25) is 0 Å². The van der Waals surface area contributed by atoms with Gasteiger partial charge in [0.15, 0.2) is 10.9 Å². The third-order valence-electron chi connectivity index (χ3n) is 4.46. The van der Waals surface area contributed by atoms with Crippen molar-refractivity contribution in [3.05, 3.63) is 46.8 Å². The fraction of sp³-hybridized carbons (Fsp3) is 0.350. The number of hydrogen-bond acceptors (Lipinski definition) is 5. The fourth-order valence-corrected chi connectivity index (χ4v) is 4.20. The van der Waals surface area contributed by atoms with E-state index in [-0.39, 0.29) is 11.5 Å². The number of nitrogens with zero attached hydrogens (tertiary/aromatic N) is 2. The van der Waals surface area contributed by atoms with E-state index in [1.54, 1.807) is 20.8 Å². The van der Waals surface area contributed by atoms with Crippen LogP contribution in [0.5, 0.6) is 0 Å². The van der Waals surface area contributed by atoms with Gasteiger partial charge in [-0.25, -0.2) is 9.78 Å². The highest BCUT2D eigenvalue weighted by molar-refractivity contribution is 7.99. The number of carbonyl (C=O) groups is 2. The number of nitrogens with one attached hydrogen (secondary N) is 1. The number of aryl methyl sites for hydroxylation is 2. The Morgan fingerprint density at radius 2 is 1.96 bits per heavy atom. The minimum absolute atomic E-state index is 0.0310. The molecule has 0 aliphatic heterocycles. The van der Waals surface area contributed by atoms with E-state index < -0.39 is 5.97 Å². The Morgan fingerprint density at radius 1 is 1.22 bits per heavy atom. The van der Waals surface area contributed by atoms with Crippen molar-refractivity contribution in [3.8, 4) is 0 Å². The highest BCUT2D eigenvalue weighted by atomic mass is 32.2. The van der Waals surface area contributed by atoms with Crippen LogP contribution in [0.4, 0.5) is 0 Å². The zero-order chi connectivity index (χ0) is 19.6. The number of hydrogen-bond donors (Lipinski definition) is 1. The van der Waals surface area contributed by atoms with Gasteiger partial charge in [0.1, 0.15) is 5.69 Å². The number of benzene rings is 1. The lowest BCUT2D eigenvalue weighted by atomic mass is 10.1. The number of thioether (sulfide) groups is 1. The van der Waals surface area contributed by atoms with E-state index >= 15 is 0 Å². The molecule has 1 aromatic carbocycles. The Labute approximate surface area is 162 Å². The topological polar surface area (TPSA) is 77.0 Å². The first-order chi connectivity index (χ1) is 13.0. The molecule has 3 aromatic rings. The predicted molar refractivity (Wildman–Crippen MR) is 107 cm³/mol. The first-order valence-electron chi connectivity index (χ1n) is 8.95. The van der Waals surface area contributed by atoms with E-state index in [2.05, 4.69) is 21.5 Å². The molecule has 0 spiro atoms. The van der Waals surface area contributed by atoms with Crippen molar-refractivity contribution in [2.75, 3.05) is 12.4 Å². The van der Waals surface area contributed by atoms with Gasteiger partial charge in [-0.2, -0.15) is 0 Å². The van der Waals surface area contributed by atoms with Gasteiger partial charge in [-0.1, -0.05) is 23.9 Å². The van der Waals surface area contributed by atoms with Crippen LogP contribution in [-0.2, 0) is 11.3 Å². The number of carbonyl (C=O) groups excluding carboxylic acids is 2. The molecule has 0 saturated carbocycles. The Bertz CT molecular complexity index is 1000. The molecule has 142 valence electrons. The van der Waals surface area contributed by atoms with Crippen LogP contribution in [-0.4, -0.2) is 38.6 Å². The summed E-state index contributed by atoms with van der Waals surface area (Å²) in [5.41, 5.74) is 4.22. The summed E-state index contributed by atoms with van der Waals surface area (Å²) in [4.78, 5) is 32.5. The zero-order valence-electron chi connectivity index (χ0n) is 16.0. The van der Waals surface area contributed by atoms with Gasteiger partial charge in [-0.3, -0.25) is 4.79 Å². The molecule has 1 N–H and O–H groups in total. The number of para-hydroxylation sites is 2. The second-order valence-corrected chi connectivity index (χ2v) is 7.13. The van der Waals surface area contributed by atoms with E-state index in [0.29, 0.717) is 29.1 Å². The minimum Gasteiger partial charge on any atom is -0.461 e. The third-order valence-corrected chi connectivity index (χ3v) is 5.44. The maximum Gasteiger partial charge on any atom is 0.355 e. The first kappa shape index (κ1) is 19.2. The minimum atomic E-state index is -0.433. The predicted octanol–water partition coefficient (Wildman–Crippen LogP) is 4.15. The van der Waals surface area contributed by atoms with Crippen LogP contribution >= 0.6 is 11.8 Å². The Kier molecular flexibility index (Phi) is 5.70. The summed E-state index contributed by atoms with van der Waals surface area (Å²) in [5, 5.41) is 0.823. The standard InChI is InChI=1S/C20H23N3O3S/c1-5-23-15-10-8-7-9-14(15)22-20(23)27-11-16(24)17-12(3)18(21-13(17)4)19(25)26-6-2/h7-10,21H,5-6,11H2,1-4H3. The molecule has 3 rings (SSSR count). The Balaban J connectivity index is 1.82. The zero-order valence-corrected chi connectivity index (χ0v) is 16.8. The fourth-order valence-electron chi connectivity index (χ4n) is 3.25. The van der Waals surface area contributed by atoms with Crippen molar-refractivity contribution >= 4 is 34.5 Å². The number of aromatic nitrogens is 3. The number of Topliss-reactive ketones (excluding diaryl/α,β-unsaturated/α-hetero) is 1. The average molecular weight is 385 g/mol. The van der Waals surface area contributed by atoms with E-state index in [9.17, 15) is 9.59 Å². The van der Waals surface area contributed by atoms with Gasteiger partial charge in [0.25, 0.3) is 0 Å². The highest BCUT2D eigenvalue weighted by Gasteiger charge is 2.23. The van der Waals surface area contributed by atoms with Crippen LogP contribution in [0.2, 0.25) is 0 Å². The molecular formula is C20H23N3O3S. The van der Waals surface area contributed by atoms with Crippen molar-refractivity contribution in [2.45, 2.75) is 39.4 Å². The van der Waals surface area contributed by atoms with Crippen LogP contribution in [0.15, 0.2) is 29.4 Å². The van der Waals surface area contributed by atoms with E-state index in [1.807, 2.05) is 24.3 Å². The normalized spacial score (nSPS) is 11.1. The number of rotatable bonds is 7. The third kappa shape index (κ3) is 3.64. The van der Waals surface area contributed by atoms with Gasteiger partial charge in [-0.15, -0.1) is 0 Å². The molecule has 0 unspecified atom stereocenters. The smallest absolute Gasteiger partial charge is 0.355 e.